The summed E-state index contributed by atoms with van der Waals surface area (Å²) in [6, 6.07) is 0. The molecule has 0 aromatic rings. The third kappa shape index (κ3) is 112. The topological polar surface area (TPSA) is 52.6 Å². The minimum absolute atomic E-state index is 0.238. The van der Waals surface area contributed by atoms with E-state index in [4.69, 9.17) is 8.37 Å². The number of unbranched alkanes of at least 4 members (excludes halogenated alkanes) is 104. The predicted octanol–water partition coefficient (Wildman–Crippen LogP) is 51.2. The molecule has 0 aromatic carbocycles. The number of hydrogen-bond donors (Lipinski definition) is 0. The lowest BCUT2D eigenvalue weighted by atomic mass is 9.82. The maximum atomic E-state index is 16.6. The molecule has 141 heavy (non-hydrogen) atoms. The average molecular weight is 2010 g/mol. The van der Waals surface area contributed by atoms with Crippen LogP contribution in [0.1, 0.15) is 839 Å². The SMILES string of the molecule is CCCCCCCCCCCCCCCCC(CCCCCCCCCCCCCCCC)CC(OS(=O)(=O)OC(CC(CCCCCCCCCCCCCCCC)CCCCCCCCCCCCCCCC)C(CCCCCCCCCCCCCCCC)CCCCCCCCCCCCCCCC)C(CCCCCCCCCCCCCCCC)CCCCCCCCCCCCCCCC. The molecule has 0 heterocycles. The van der Waals surface area contributed by atoms with Crippen molar-refractivity contribution in [3.63, 3.8) is 0 Å². The Balaban J connectivity index is 8.20. The average Bonchev–Trinajstić information content (AvgIpc) is 0.833. The highest BCUT2D eigenvalue weighted by Crippen LogP contribution is 2.39. The van der Waals surface area contributed by atoms with E-state index in [1.807, 2.05) is 0 Å². The molecule has 0 aliphatic heterocycles. The normalized spacial score (nSPS) is 12.6. The van der Waals surface area contributed by atoms with Gasteiger partial charge in [0.05, 0.1) is 12.2 Å². The van der Waals surface area contributed by atoms with Crippen LogP contribution in [0.15, 0.2) is 0 Å². The van der Waals surface area contributed by atoms with E-state index >= 15 is 8.42 Å². The molecular formula is C136H274O4S. The maximum absolute atomic E-state index is 16.6. The molecule has 0 amide bonds. The molecule has 0 saturated carbocycles. The molecule has 0 saturated heterocycles. The molecule has 0 N–H and O–H groups in total. The van der Waals surface area contributed by atoms with Crippen molar-refractivity contribution >= 4 is 10.4 Å². The van der Waals surface area contributed by atoms with Crippen LogP contribution in [-0.4, -0.2) is 20.6 Å². The van der Waals surface area contributed by atoms with E-state index in [1.165, 1.54) is 745 Å². The smallest absolute Gasteiger partial charge is 0.245 e. The van der Waals surface area contributed by atoms with Crippen LogP contribution in [0.5, 0.6) is 0 Å². The first-order valence-corrected chi connectivity index (χ1v) is 69.7. The van der Waals surface area contributed by atoms with Crippen molar-refractivity contribution in [1.29, 1.82) is 0 Å². The highest BCUT2D eigenvalue weighted by molar-refractivity contribution is 7.81. The van der Waals surface area contributed by atoms with Crippen LogP contribution in [0.25, 0.3) is 0 Å². The van der Waals surface area contributed by atoms with Crippen molar-refractivity contribution in [2.45, 2.75) is 851 Å². The summed E-state index contributed by atoms with van der Waals surface area (Å²) >= 11 is 0. The second-order valence-electron chi connectivity index (χ2n) is 48.5. The monoisotopic (exact) mass is 2000 g/mol. The minimum atomic E-state index is -4.39. The van der Waals surface area contributed by atoms with Gasteiger partial charge in [-0.2, -0.15) is 8.42 Å². The van der Waals surface area contributed by atoms with Crippen LogP contribution >= 0.6 is 0 Å². The van der Waals surface area contributed by atoms with Crippen molar-refractivity contribution in [1.82, 2.24) is 0 Å². The van der Waals surface area contributed by atoms with E-state index in [-0.39, 0.29) is 24.0 Å². The van der Waals surface area contributed by atoms with Crippen LogP contribution in [-0.2, 0) is 18.8 Å². The van der Waals surface area contributed by atoms with Crippen molar-refractivity contribution in [3.05, 3.63) is 0 Å². The fourth-order valence-electron chi connectivity index (χ4n) is 24.3. The molecule has 0 spiro atoms. The molecule has 0 aliphatic carbocycles. The van der Waals surface area contributed by atoms with Crippen LogP contribution < -0.4 is 0 Å². The van der Waals surface area contributed by atoms with E-state index < -0.39 is 10.4 Å². The number of rotatable bonds is 130. The van der Waals surface area contributed by atoms with Crippen molar-refractivity contribution < 1.29 is 16.8 Å². The van der Waals surface area contributed by atoms with Gasteiger partial charge >= 0.3 is 10.4 Å². The molecule has 2 unspecified atom stereocenters. The second kappa shape index (κ2) is 123. The lowest BCUT2D eigenvalue weighted by Crippen LogP contribution is -2.35. The molecular weight excluding hydrogens is 1730 g/mol. The summed E-state index contributed by atoms with van der Waals surface area (Å²) in [5, 5.41) is 0. The summed E-state index contributed by atoms with van der Waals surface area (Å²) in [7, 11) is -4.39. The Morgan fingerprint density at radius 3 is 0.305 bits per heavy atom. The van der Waals surface area contributed by atoms with Gasteiger partial charge in [0.25, 0.3) is 0 Å². The van der Waals surface area contributed by atoms with Gasteiger partial charge in [-0.3, -0.25) is 0 Å². The third-order valence-corrected chi connectivity index (χ3v) is 35.2. The van der Waals surface area contributed by atoms with Crippen molar-refractivity contribution in [3.8, 4) is 0 Å². The summed E-state index contributed by atoms with van der Waals surface area (Å²) in [4.78, 5) is 0. The zero-order chi connectivity index (χ0) is 102. The standard InChI is InChI=1S/C136H274O4S/c1-9-17-25-33-41-49-57-65-73-81-89-97-105-113-121-131(122-114-106-98-90-82-74-66-58-50-42-34-26-18-10-2)129-135(133(125-117-109-101-93-85-77-69-61-53-45-37-29-21-13-5)126-118-110-102-94-86-78-70-62-54-46-38-30-22-14-6)139-141(137,138)140-136(134(127-119-111-103-95-87-79-71-63-55-47-39-31-23-15-7)128-120-112-104-96-88-80-72-64-56-48-40-32-24-16-8)130-132(123-115-107-99-91-83-75-67-59-51-43-35-27-19-11-3)124-116-108-100-92-84-76-68-60-52-44-36-28-20-12-4/h131-136H,9-130H2,1-8H3. The Morgan fingerprint density at radius 1 is 0.121 bits per heavy atom. The van der Waals surface area contributed by atoms with E-state index in [0.717, 1.165) is 38.5 Å². The van der Waals surface area contributed by atoms with E-state index in [1.54, 1.807) is 0 Å². The van der Waals surface area contributed by atoms with Gasteiger partial charge in [-0.25, -0.2) is 8.37 Å². The van der Waals surface area contributed by atoms with Gasteiger partial charge in [-0.15, -0.1) is 0 Å². The molecule has 848 valence electrons. The van der Waals surface area contributed by atoms with Gasteiger partial charge in [0.2, 0.25) is 0 Å². The Bertz CT molecular complexity index is 2020. The second-order valence-corrected chi connectivity index (χ2v) is 49.7. The molecule has 4 nitrogen and oxygen atoms in total. The van der Waals surface area contributed by atoms with Crippen LogP contribution in [0.4, 0.5) is 0 Å². The van der Waals surface area contributed by atoms with Crippen LogP contribution in [0.3, 0.4) is 0 Å². The Labute approximate surface area is 895 Å². The van der Waals surface area contributed by atoms with Crippen molar-refractivity contribution in [2.24, 2.45) is 23.7 Å². The van der Waals surface area contributed by atoms with Crippen molar-refractivity contribution in [2.75, 3.05) is 0 Å². The van der Waals surface area contributed by atoms with Gasteiger partial charge in [0, 0.05) is 0 Å². The molecule has 2 atom stereocenters. The first-order chi connectivity index (χ1) is 69.7. The molecule has 0 rings (SSSR count). The first kappa shape index (κ1) is 141. The van der Waals surface area contributed by atoms with Crippen LogP contribution in [0.2, 0.25) is 0 Å². The lowest BCUT2D eigenvalue weighted by Gasteiger charge is -2.33. The largest absolute Gasteiger partial charge is 0.400 e. The Kier molecular flexibility index (Phi) is 123. The van der Waals surface area contributed by atoms with Gasteiger partial charge in [0.15, 0.2) is 0 Å². The molecule has 0 bridgehead atoms. The molecule has 0 aromatic heterocycles. The molecule has 0 fully saturated rings. The quantitative estimate of drug-likeness (QED) is 0.0570. The Hall–Kier alpha value is -0.130. The first-order valence-electron chi connectivity index (χ1n) is 68.4. The van der Waals surface area contributed by atoms with Crippen LogP contribution in [0, 0.1) is 23.7 Å². The summed E-state index contributed by atoms with van der Waals surface area (Å²) in [6.45, 7) is 18.7. The minimum Gasteiger partial charge on any atom is -0.245 e. The van der Waals surface area contributed by atoms with Gasteiger partial charge < -0.3 is 0 Å². The van der Waals surface area contributed by atoms with E-state index in [9.17, 15) is 0 Å². The maximum Gasteiger partial charge on any atom is 0.400 e. The summed E-state index contributed by atoms with van der Waals surface area (Å²) in [6.07, 6.45) is 165. The highest BCUT2D eigenvalue weighted by Gasteiger charge is 2.36. The zero-order valence-corrected chi connectivity index (χ0v) is 101. The Morgan fingerprint density at radius 2 is 0.206 bits per heavy atom. The summed E-state index contributed by atoms with van der Waals surface area (Å²) < 4.78 is 48.1. The van der Waals surface area contributed by atoms with E-state index in [2.05, 4.69) is 55.4 Å². The third-order valence-electron chi connectivity index (χ3n) is 34.2. The summed E-state index contributed by atoms with van der Waals surface area (Å²) in [5.74, 6) is 1.45. The van der Waals surface area contributed by atoms with Gasteiger partial charge in [-0.05, 0) is 62.2 Å². The van der Waals surface area contributed by atoms with Gasteiger partial charge in [-0.1, -0.05) is 800 Å². The summed E-state index contributed by atoms with van der Waals surface area (Å²) in [5.41, 5.74) is 0. The molecule has 0 aliphatic rings. The van der Waals surface area contributed by atoms with E-state index in [0.29, 0.717) is 11.8 Å². The number of hydrogen-bond acceptors (Lipinski definition) is 4. The van der Waals surface area contributed by atoms with Gasteiger partial charge in [0.1, 0.15) is 0 Å². The highest BCUT2D eigenvalue weighted by atomic mass is 32.3. The predicted molar refractivity (Wildman–Crippen MR) is 641 cm³/mol. The fourth-order valence-corrected chi connectivity index (χ4v) is 25.4. The zero-order valence-electron chi connectivity index (χ0n) is 99.8. The fraction of sp³-hybridized carbons (Fsp3) is 1.00. The lowest BCUT2D eigenvalue weighted by molar-refractivity contribution is 0.0362. The molecule has 5 heteroatoms. The molecule has 0 radical (unpaired) electrons.